The van der Waals surface area contributed by atoms with Crippen LogP contribution in [0.15, 0.2) is 79.4 Å². The Labute approximate surface area is 316 Å². The number of fused-ring (bicyclic) bond motifs is 2. The Kier molecular flexibility index (Phi) is 10.9. The number of carbonyl (C=O) groups is 4. The number of amides is 4. The minimum atomic E-state index is -3.90. The van der Waals surface area contributed by atoms with Gasteiger partial charge in [0.05, 0.1) is 10.00 Å². The Bertz CT molecular complexity index is 1870. The molecule has 6 rings (SSSR count). The topological polar surface area (TPSA) is 153 Å². The summed E-state index contributed by atoms with van der Waals surface area (Å²) in [4.78, 5) is 58.8. The molecule has 0 radical (unpaired) electrons. The van der Waals surface area contributed by atoms with Gasteiger partial charge in [0, 0.05) is 23.8 Å². The molecule has 2 aromatic carbocycles. The summed E-state index contributed by atoms with van der Waals surface area (Å²) in [5, 5.41) is 12.7. The van der Waals surface area contributed by atoms with Crippen molar-refractivity contribution in [3.8, 4) is 11.1 Å². The first kappa shape index (κ1) is 38.6. The lowest BCUT2D eigenvalue weighted by atomic mass is 9.93. The van der Waals surface area contributed by atoms with Crippen LogP contribution in [0.3, 0.4) is 0 Å². The van der Waals surface area contributed by atoms with E-state index in [9.17, 15) is 32.7 Å². The number of thioether (sulfide) groups is 1. The SMILES string of the molecule is C=C[C@@H]1C[C@]1(NC(=O)[C@@H]1C[C@@]2(c3ccc(-c4ccccc4)cc3)CN1C(=O)[C@@H](N(C(=O)O)C(C)(C)C)CCCC/C=C/CS2)C(=O)NS(=O)(=O)C1CC1. The summed E-state index contributed by atoms with van der Waals surface area (Å²) in [7, 11) is -3.90. The number of allylic oxidation sites excluding steroid dienone is 1. The van der Waals surface area contributed by atoms with Gasteiger partial charge in [-0.1, -0.05) is 79.2 Å². The summed E-state index contributed by atoms with van der Waals surface area (Å²) < 4.78 is 27.0. The van der Waals surface area contributed by atoms with Crippen molar-refractivity contribution in [1.29, 1.82) is 0 Å². The van der Waals surface area contributed by atoms with Crippen LogP contribution in [-0.2, 0) is 29.2 Å². The molecule has 2 aliphatic heterocycles. The van der Waals surface area contributed by atoms with Crippen molar-refractivity contribution in [3.63, 3.8) is 0 Å². The maximum absolute atomic E-state index is 15.0. The van der Waals surface area contributed by atoms with Crippen molar-refractivity contribution in [1.82, 2.24) is 19.8 Å². The molecule has 0 unspecified atom stereocenters. The van der Waals surface area contributed by atoms with Gasteiger partial charge in [-0.3, -0.25) is 24.0 Å². The second-order valence-electron chi connectivity index (χ2n) is 15.7. The molecule has 0 aromatic heterocycles. The number of rotatable bonds is 9. The Balaban J connectivity index is 1.41. The highest BCUT2D eigenvalue weighted by Crippen LogP contribution is 2.50. The van der Waals surface area contributed by atoms with Crippen molar-refractivity contribution < 1.29 is 32.7 Å². The Morgan fingerprint density at radius 3 is 2.26 bits per heavy atom. The number of benzene rings is 2. The molecule has 284 valence electrons. The highest BCUT2D eigenvalue weighted by molar-refractivity contribution is 8.00. The van der Waals surface area contributed by atoms with E-state index < -0.39 is 72.9 Å². The van der Waals surface area contributed by atoms with Crippen LogP contribution in [0.5, 0.6) is 0 Å². The van der Waals surface area contributed by atoms with E-state index in [1.165, 1.54) is 15.9 Å². The van der Waals surface area contributed by atoms with Crippen LogP contribution in [0.4, 0.5) is 4.79 Å². The quantitative estimate of drug-likeness (QED) is 0.270. The van der Waals surface area contributed by atoms with E-state index in [0.717, 1.165) is 29.5 Å². The Morgan fingerprint density at radius 2 is 1.66 bits per heavy atom. The zero-order valence-electron chi connectivity index (χ0n) is 30.6. The first-order valence-corrected chi connectivity index (χ1v) is 20.9. The van der Waals surface area contributed by atoms with Gasteiger partial charge in [0.15, 0.2) is 0 Å². The summed E-state index contributed by atoms with van der Waals surface area (Å²) in [6, 6.07) is 16.0. The molecule has 11 nitrogen and oxygen atoms in total. The first-order chi connectivity index (χ1) is 25.1. The predicted molar refractivity (Wildman–Crippen MR) is 206 cm³/mol. The lowest BCUT2D eigenvalue weighted by Crippen LogP contribution is -2.60. The fraction of sp³-hybridized carbons (Fsp3) is 0.500. The molecule has 2 heterocycles. The second-order valence-corrected chi connectivity index (χ2v) is 19.1. The molecule has 5 atom stereocenters. The predicted octanol–water partition coefficient (Wildman–Crippen LogP) is 5.83. The third kappa shape index (κ3) is 8.06. The molecule has 4 amide bonds. The zero-order valence-corrected chi connectivity index (χ0v) is 32.3. The molecular formula is C40H50N4O7S2. The summed E-state index contributed by atoms with van der Waals surface area (Å²) in [6.07, 6.45) is 8.27. The van der Waals surface area contributed by atoms with Gasteiger partial charge in [-0.2, -0.15) is 0 Å². The number of sulfonamides is 1. The molecule has 3 N–H and O–H groups in total. The number of carbonyl (C=O) groups excluding carboxylic acids is 3. The largest absolute Gasteiger partial charge is 0.465 e. The van der Waals surface area contributed by atoms with Crippen molar-refractivity contribution in [2.75, 3.05) is 12.3 Å². The molecule has 53 heavy (non-hydrogen) atoms. The van der Waals surface area contributed by atoms with Crippen molar-refractivity contribution in [2.24, 2.45) is 5.92 Å². The molecule has 4 aliphatic rings. The third-order valence-electron chi connectivity index (χ3n) is 10.9. The van der Waals surface area contributed by atoms with E-state index in [0.29, 0.717) is 25.0 Å². The number of nitrogens with zero attached hydrogens (tertiary/aromatic N) is 2. The maximum Gasteiger partial charge on any atom is 0.408 e. The minimum absolute atomic E-state index is 0.126. The lowest BCUT2D eigenvalue weighted by molar-refractivity contribution is -0.144. The van der Waals surface area contributed by atoms with Gasteiger partial charge in [-0.25, -0.2) is 13.2 Å². The Hall–Kier alpha value is -4.10. The van der Waals surface area contributed by atoms with E-state index in [4.69, 9.17) is 0 Å². The average molecular weight is 763 g/mol. The van der Waals surface area contributed by atoms with Crippen LogP contribution in [0.2, 0.25) is 0 Å². The Morgan fingerprint density at radius 1 is 0.981 bits per heavy atom. The summed E-state index contributed by atoms with van der Waals surface area (Å²) in [5.74, 6) is -1.76. The van der Waals surface area contributed by atoms with Crippen LogP contribution in [-0.4, -0.2) is 87.8 Å². The lowest BCUT2D eigenvalue weighted by Gasteiger charge is -2.41. The molecule has 0 spiro atoms. The van der Waals surface area contributed by atoms with Gasteiger partial charge in [-0.05, 0) is 82.4 Å². The summed E-state index contributed by atoms with van der Waals surface area (Å²) in [5.41, 5.74) is 0.527. The highest BCUT2D eigenvalue weighted by Gasteiger charge is 2.62. The van der Waals surface area contributed by atoms with Crippen LogP contribution in [0.25, 0.3) is 11.1 Å². The molecule has 1 saturated heterocycles. The van der Waals surface area contributed by atoms with Gasteiger partial charge in [-0.15, -0.1) is 18.3 Å². The number of nitrogens with one attached hydrogen (secondary N) is 2. The van der Waals surface area contributed by atoms with Gasteiger partial charge < -0.3 is 15.3 Å². The van der Waals surface area contributed by atoms with E-state index in [1.807, 2.05) is 54.6 Å². The van der Waals surface area contributed by atoms with Crippen molar-refractivity contribution in [2.45, 2.75) is 105 Å². The van der Waals surface area contributed by atoms with Crippen LogP contribution in [0, 0.1) is 5.92 Å². The molecular weight excluding hydrogens is 713 g/mol. The monoisotopic (exact) mass is 762 g/mol. The molecule has 2 aliphatic carbocycles. The highest BCUT2D eigenvalue weighted by atomic mass is 32.2. The smallest absolute Gasteiger partial charge is 0.408 e. The molecule has 2 bridgehead atoms. The fourth-order valence-corrected chi connectivity index (χ4v) is 10.5. The fourth-order valence-electron chi connectivity index (χ4n) is 7.79. The van der Waals surface area contributed by atoms with Crippen LogP contribution in [0.1, 0.15) is 77.7 Å². The standard InChI is InChI=1S/C40H50N4O7S2/c1-5-29-24-40(29,36(47)42-53(50,51)31-21-22-31)41-34(45)33-25-39(30-19-17-28(18-20-30)27-14-10-9-11-15-27)26-43(33)35(46)32(44(37(48)49)38(2,3)4)16-12-7-6-8-13-23-52-39/h5,8-11,13-15,17-20,29,31-33H,1,6-7,12,16,21-26H2,2-4H3,(H,41,45)(H,42,47)(H,48,49)/b13-8+/t29-,32+,33+,39+,40-/m1/s1. The van der Waals surface area contributed by atoms with Crippen LogP contribution >= 0.6 is 11.8 Å². The van der Waals surface area contributed by atoms with Gasteiger partial charge >= 0.3 is 6.09 Å². The summed E-state index contributed by atoms with van der Waals surface area (Å²) in [6.45, 7) is 9.20. The zero-order chi connectivity index (χ0) is 38.2. The van der Waals surface area contributed by atoms with Gasteiger partial charge in [0.2, 0.25) is 21.8 Å². The van der Waals surface area contributed by atoms with Gasteiger partial charge in [0.25, 0.3) is 5.91 Å². The van der Waals surface area contributed by atoms with E-state index in [2.05, 4.69) is 28.8 Å². The first-order valence-electron chi connectivity index (χ1n) is 18.4. The van der Waals surface area contributed by atoms with E-state index >= 15 is 0 Å². The number of hydrogen-bond donors (Lipinski definition) is 3. The van der Waals surface area contributed by atoms with E-state index in [1.54, 1.807) is 32.5 Å². The summed E-state index contributed by atoms with van der Waals surface area (Å²) >= 11 is 1.63. The van der Waals surface area contributed by atoms with Crippen LogP contribution < -0.4 is 10.0 Å². The van der Waals surface area contributed by atoms with Gasteiger partial charge in [0.1, 0.15) is 17.6 Å². The minimum Gasteiger partial charge on any atom is -0.465 e. The van der Waals surface area contributed by atoms with E-state index in [-0.39, 0.29) is 25.8 Å². The number of hydrogen-bond acceptors (Lipinski definition) is 7. The third-order valence-corrected chi connectivity index (χ3v) is 14.2. The molecule has 2 aromatic rings. The maximum atomic E-state index is 15.0. The van der Waals surface area contributed by atoms with Crippen molar-refractivity contribution >= 4 is 45.6 Å². The molecule has 3 fully saturated rings. The average Bonchev–Trinajstić information content (AvgIpc) is 4.05. The molecule has 2 saturated carbocycles. The number of carboxylic acid groups (broad SMARTS) is 1. The second kappa shape index (κ2) is 15.0. The molecule has 13 heteroatoms. The normalized spacial score (nSPS) is 28.4. The van der Waals surface area contributed by atoms with Crippen molar-refractivity contribution in [3.05, 3.63) is 85.0 Å².